The molecule has 1 heterocycles. The minimum atomic E-state index is -0.973. The van der Waals surface area contributed by atoms with Gasteiger partial charge in [0.1, 0.15) is 5.82 Å². The first-order valence-corrected chi connectivity index (χ1v) is 8.09. The van der Waals surface area contributed by atoms with Crippen LogP contribution in [-0.4, -0.2) is 41.0 Å². The molecule has 1 atom stereocenters. The number of hydrogen-bond acceptors (Lipinski definition) is 4. The number of halogens is 2. The zero-order chi connectivity index (χ0) is 17.3. The maximum absolute atomic E-state index is 13.4. The van der Waals surface area contributed by atoms with Crippen LogP contribution in [0.25, 0.3) is 0 Å². The van der Waals surface area contributed by atoms with Gasteiger partial charge in [-0.25, -0.2) is 4.39 Å². The number of aliphatic hydroxyl groups excluding tert-OH is 1. The van der Waals surface area contributed by atoms with E-state index in [2.05, 4.69) is 21.2 Å². The second-order valence-electron chi connectivity index (χ2n) is 5.43. The number of rotatable bonds is 5. The maximum Gasteiger partial charge on any atom is 0.261 e. The van der Waals surface area contributed by atoms with Gasteiger partial charge in [-0.1, -0.05) is 12.1 Å². The highest BCUT2D eigenvalue weighted by Gasteiger charge is 2.35. The first-order valence-electron chi connectivity index (χ1n) is 7.29. The SMILES string of the molecule is O=C1c2ccccc2C(=O)N1C[C@@H](O)CNc1ccc(Br)c(F)c1. The fourth-order valence-corrected chi connectivity index (χ4v) is 2.77. The number of anilines is 1. The van der Waals surface area contributed by atoms with Gasteiger partial charge >= 0.3 is 0 Å². The molecule has 0 fully saturated rings. The molecule has 24 heavy (non-hydrogen) atoms. The van der Waals surface area contributed by atoms with Gasteiger partial charge in [0, 0.05) is 12.2 Å². The smallest absolute Gasteiger partial charge is 0.261 e. The molecule has 0 spiro atoms. The predicted molar refractivity (Wildman–Crippen MR) is 90.4 cm³/mol. The Labute approximate surface area is 146 Å². The van der Waals surface area contributed by atoms with Crippen molar-refractivity contribution < 1.29 is 19.1 Å². The van der Waals surface area contributed by atoms with Gasteiger partial charge in [0.05, 0.1) is 28.2 Å². The van der Waals surface area contributed by atoms with Gasteiger partial charge in [-0.3, -0.25) is 14.5 Å². The topological polar surface area (TPSA) is 69.6 Å². The molecule has 1 aliphatic rings. The second kappa shape index (κ2) is 6.70. The molecular weight excluding hydrogens is 379 g/mol. The van der Waals surface area contributed by atoms with E-state index in [9.17, 15) is 19.1 Å². The third kappa shape index (κ3) is 3.18. The van der Waals surface area contributed by atoms with E-state index in [-0.39, 0.29) is 13.1 Å². The molecule has 0 aliphatic carbocycles. The van der Waals surface area contributed by atoms with E-state index in [0.717, 1.165) is 4.90 Å². The molecule has 1 aliphatic heterocycles. The van der Waals surface area contributed by atoms with Crippen LogP contribution in [0.2, 0.25) is 0 Å². The van der Waals surface area contributed by atoms with Crippen LogP contribution in [0, 0.1) is 5.82 Å². The molecule has 2 aromatic carbocycles. The number of aliphatic hydroxyl groups is 1. The van der Waals surface area contributed by atoms with E-state index >= 15 is 0 Å². The van der Waals surface area contributed by atoms with Crippen LogP contribution in [0.3, 0.4) is 0 Å². The Hall–Kier alpha value is -2.25. The number of carbonyl (C=O) groups excluding carboxylic acids is 2. The van der Waals surface area contributed by atoms with Crippen LogP contribution < -0.4 is 5.32 Å². The first kappa shape index (κ1) is 16.6. The van der Waals surface area contributed by atoms with Crippen LogP contribution in [0.1, 0.15) is 20.7 Å². The predicted octanol–water partition coefficient (Wildman–Crippen LogP) is 2.66. The summed E-state index contributed by atoms with van der Waals surface area (Å²) in [6.45, 7) is -0.0488. The van der Waals surface area contributed by atoms with Crippen molar-refractivity contribution in [1.82, 2.24) is 4.90 Å². The lowest BCUT2D eigenvalue weighted by molar-refractivity contribution is 0.0558. The summed E-state index contributed by atoms with van der Waals surface area (Å²) in [4.78, 5) is 25.5. The monoisotopic (exact) mass is 392 g/mol. The Bertz CT molecular complexity index is 777. The molecule has 0 aromatic heterocycles. The summed E-state index contributed by atoms with van der Waals surface area (Å²) in [6, 6.07) is 11.0. The fourth-order valence-electron chi connectivity index (χ4n) is 2.52. The van der Waals surface area contributed by atoms with Gasteiger partial charge < -0.3 is 10.4 Å². The summed E-state index contributed by atoms with van der Waals surface area (Å²) in [7, 11) is 0. The van der Waals surface area contributed by atoms with Gasteiger partial charge in [0.2, 0.25) is 0 Å². The van der Waals surface area contributed by atoms with Crippen molar-refractivity contribution in [2.75, 3.05) is 18.4 Å². The Kier molecular flexibility index (Phi) is 4.64. The standard InChI is InChI=1S/C17H14BrFN2O3/c18-14-6-5-10(7-15(14)19)20-8-11(22)9-21-16(23)12-3-1-2-4-13(12)17(21)24/h1-7,11,20,22H,8-9H2/t11-/m0/s1. The third-order valence-corrected chi connectivity index (χ3v) is 4.38. The zero-order valence-corrected chi connectivity index (χ0v) is 14.1. The Morgan fingerprint density at radius 2 is 1.75 bits per heavy atom. The summed E-state index contributed by atoms with van der Waals surface area (Å²) < 4.78 is 13.8. The average Bonchev–Trinajstić information content (AvgIpc) is 2.81. The van der Waals surface area contributed by atoms with E-state index in [1.807, 2.05) is 0 Å². The number of β-amino-alcohol motifs (C(OH)–C–C–N with tert-alkyl or cyclic N) is 1. The van der Waals surface area contributed by atoms with Crippen LogP contribution in [-0.2, 0) is 0 Å². The zero-order valence-electron chi connectivity index (χ0n) is 12.5. The van der Waals surface area contributed by atoms with Gasteiger partial charge in [-0.2, -0.15) is 0 Å². The molecule has 2 amide bonds. The van der Waals surface area contributed by atoms with Gasteiger partial charge in [0.25, 0.3) is 11.8 Å². The average molecular weight is 393 g/mol. The van der Waals surface area contributed by atoms with Crippen molar-refractivity contribution in [2.45, 2.75) is 6.10 Å². The molecule has 2 N–H and O–H groups in total. The molecule has 0 bridgehead atoms. The molecule has 2 aromatic rings. The van der Waals surface area contributed by atoms with Gasteiger partial charge in [0.15, 0.2) is 0 Å². The van der Waals surface area contributed by atoms with Gasteiger partial charge in [-0.05, 0) is 46.3 Å². The van der Waals surface area contributed by atoms with Crippen LogP contribution in [0.4, 0.5) is 10.1 Å². The molecule has 7 heteroatoms. The van der Waals surface area contributed by atoms with Gasteiger partial charge in [-0.15, -0.1) is 0 Å². The van der Waals surface area contributed by atoms with E-state index < -0.39 is 23.7 Å². The minimum Gasteiger partial charge on any atom is -0.389 e. The number of imide groups is 1. The van der Waals surface area contributed by atoms with Crippen molar-refractivity contribution in [1.29, 1.82) is 0 Å². The fraction of sp³-hybridized carbons (Fsp3) is 0.176. The molecule has 0 saturated carbocycles. The lowest BCUT2D eigenvalue weighted by Crippen LogP contribution is -2.39. The molecule has 124 valence electrons. The Balaban J connectivity index is 1.61. The number of hydrogen-bond donors (Lipinski definition) is 2. The summed E-state index contributed by atoms with van der Waals surface area (Å²) in [5.74, 6) is -1.25. The molecule has 0 radical (unpaired) electrons. The largest absolute Gasteiger partial charge is 0.389 e. The molecule has 0 saturated heterocycles. The highest BCUT2D eigenvalue weighted by atomic mass is 79.9. The summed E-state index contributed by atoms with van der Waals surface area (Å²) in [5, 5.41) is 13.0. The number of nitrogens with one attached hydrogen (secondary N) is 1. The number of carbonyl (C=O) groups is 2. The number of fused-ring (bicyclic) bond motifs is 1. The van der Waals surface area contributed by atoms with Crippen LogP contribution in [0.15, 0.2) is 46.9 Å². The summed E-state index contributed by atoms with van der Waals surface area (Å²) in [5.41, 5.74) is 1.19. The molecular formula is C17H14BrFN2O3. The second-order valence-corrected chi connectivity index (χ2v) is 6.28. The van der Waals surface area contributed by atoms with Crippen molar-refractivity contribution in [3.05, 3.63) is 63.9 Å². The first-order chi connectivity index (χ1) is 11.5. The minimum absolute atomic E-state index is 0.0779. The van der Waals surface area contributed by atoms with Crippen molar-refractivity contribution in [3.63, 3.8) is 0 Å². The van der Waals surface area contributed by atoms with E-state index in [1.54, 1.807) is 36.4 Å². The Morgan fingerprint density at radius 3 is 2.33 bits per heavy atom. The quantitative estimate of drug-likeness (QED) is 0.767. The molecule has 3 rings (SSSR count). The lowest BCUT2D eigenvalue weighted by atomic mass is 10.1. The van der Waals surface area contributed by atoms with Crippen LogP contribution in [0.5, 0.6) is 0 Å². The number of amides is 2. The highest BCUT2D eigenvalue weighted by molar-refractivity contribution is 9.10. The molecule has 0 unspecified atom stereocenters. The van der Waals surface area contributed by atoms with Crippen molar-refractivity contribution in [3.8, 4) is 0 Å². The third-order valence-electron chi connectivity index (χ3n) is 3.73. The summed E-state index contributed by atoms with van der Waals surface area (Å²) >= 11 is 3.06. The number of benzene rings is 2. The number of nitrogens with zero attached hydrogens (tertiary/aromatic N) is 1. The maximum atomic E-state index is 13.4. The van der Waals surface area contributed by atoms with Crippen molar-refractivity contribution >= 4 is 33.4 Å². The lowest BCUT2D eigenvalue weighted by Gasteiger charge is -2.19. The van der Waals surface area contributed by atoms with E-state index in [0.29, 0.717) is 21.3 Å². The van der Waals surface area contributed by atoms with E-state index in [1.165, 1.54) is 6.07 Å². The van der Waals surface area contributed by atoms with Crippen LogP contribution >= 0.6 is 15.9 Å². The highest BCUT2D eigenvalue weighted by Crippen LogP contribution is 2.23. The Morgan fingerprint density at radius 1 is 1.12 bits per heavy atom. The molecule has 5 nitrogen and oxygen atoms in total. The van der Waals surface area contributed by atoms with Crippen molar-refractivity contribution in [2.24, 2.45) is 0 Å². The normalized spacial score (nSPS) is 14.7. The summed E-state index contributed by atoms with van der Waals surface area (Å²) in [6.07, 6.45) is -0.973. The van der Waals surface area contributed by atoms with E-state index in [4.69, 9.17) is 0 Å².